The van der Waals surface area contributed by atoms with Crippen LogP contribution >= 0.6 is 0 Å². The number of carbonyl (C=O) groups is 2. The Morgan fingerprint density at radius 1 is 0.744 bits per heavy atom. The summed E-state index contributed by atoms with van der Waals surface area (Å²) < 4.78 is 33.2. The first-order valence-corrected chi connectivity index (χ1v) is 15.3. The predicted molar refractivity (Wildman–Crippen MR) is 164 cm³/mol. The highest BCUT2D eigenvalue weighted by Crippen LogP contribution is 2.51. The fourth-order valence-electron chi connectivity index (χ4n) is 7.24. The second-order valence-electron chi connectivity index (χ2n) is 13.9. The standard InChI is InChI=1S/C17H28O6.C14H26O4.2CH4/c1-5-21-14(19)16(12-15(2,3)13(18)20-4)6-8-17(9-7-16)22-10-11-23-17;1-12(2,10-15)9-13(11-16)3-5-14(6-4-13)17-7-8-18-14;;/h5-12H2,1-4H3;15-16H,3-11H2,1-2H3;2*1H4. The second-order valence-corrected chi connectivity index (χ2v) is 13.9. The number of hydrogen-bond donors (Lipinski definition) is 2. The van der Waals surface area contributed by atoms with Gasteiger partial charge >= 0.3 is 11.9 Å². The van der Waals surface area contributed by atoms with Crippen LogP contribution in [0.2, 0.25) is 0 Å². The summed E-state index contributed by atoms with van der Waals surface area (Å²) in [5.41, 5.74) is -1.64. The third-order valence-electron chi connectivity index (χ3n) is 9.51. The summed E-state index contributed by atoms with van der Waals surface area (Å²) in [6, 6.07) is 0. The third-order valence-corrected chi connectivity index (χ3v) is 9.51. The van der Waals surface area contributed by atoms with Crippen molar-refractivity contribution in [3.05, 3.63) is 0 Å². The van der Waals surface area contributed by atoms with Gasteiger partial charge in [-0.3, -0.25) is 9.59 Å². The smallest absolute Gasteiger partial charge is 0.312 e. The Balaban J connectivity index is 0.000000421. The van der Waals surface area contributed by atoms with Crippen LogP contribution in [-0.2, 0) is 38.0 Å². The van der Waals surface area contributed by atoms with Gasteiger partial charge in [-0.25, -0.2) is 0 Å². The molecule has 0 bridgehead atoms. The van der Waals surface area contributed by atoms with Gasteiger partial charge in [-0.15, -0.1) is 0 Å². The molecular weight excluding hydrogens is 556 g/mol. The summed E-state index contributed by atoms with van der Waals surface area (Å²) >= 11 is 0. The molecule has 2 spiro atoms. The van der Waals surface area contributed by atoms with Crippen molar-refractivity contribution in [2.45, 2.75) is 125 Å². The summed E-state index contributed by atoms with van der Waals surface area (Å²) in [4.78, 5) is 24.7. The zero-order chi connectivity index (χ0) is 30.4. The van der Waals surface area contributed by atoms with Crippen LogP contribution in [0.1, 0.15) is 114 Å². The molecule has 0 radical (unpaired) electrons. The van der Waals surface area contributed by atoms with Gasteiger partial charge in [0.2, 0.25) is 0 Å². The van der Waals surface area contributed by atoms with E-state index in [1.165, 1.54) is 7.11 Å². The van der Waals surface area contributed by atoms with Crippen molar-refractivity contribution in [1.29, 1.82) is 0 Å². The van der Waals surface area contributed by atoms with E-state index in [0.717, 1.165) is 32.1 Å². The van der Waals surface area contributed by atoms with Crippen molar-refractivity contribution in [2.24, 2.45) is 21.7 Å². The molecule has 4 aliphatic rings. The van der Waals surface area contributed by atoms with Crippen molar-refractivity contribution < 1.29 is 48.2 Å². The summed E-state index contributed by atoms with van der Waals surface area (Å²) in [5, 5.41) is 19.2. The van der Waals surface area contributed by atoms with Crippen molar-refractivity contribution >= 4 is 11.9 Å². The highest BCUT2D eigenvalue weighted by atomic mass is 16.7. The van der Waals surface area contributed by atoms with Crippen molar-refractivity contribution in [2.75, 3.05) is 53.4 Å². The number of esters is 2. The van der Waals surface area contributed by atoms with E-state index < -0.39 is 16.6 Å². The van der Waals surface area contributed by atoms with Crippen molar-refractivity contribution in [3.63, 3.8) is 0 Å². The number of hydrogen-bond acceptors (Lipinski definition) is 10. The van der Waals surface area contributed by atoms with Gasteiger partial charge in [-0.2, -0.15) is 0 Å². The quantitative estimate of drug-likeness (QED) is 0.324. The lowest BCUT2D eigenvalue weighted by Crippen LogP contribution is -2.47. The molecule has 2 aliphatic carbocycles. The fraction of sp³-hybridized carbons (Fsp3) is 0.939. The van der Waals surface area contributed by atoms with E-state index in [1.807, 2.05) is 13.8 Å². The van der Waals surface area contributed by atoms with Gasteiger partial charge in [0.15, 0.2) is 11.6 Å². The van der Waals surface area contributed by atoms with Gasteiger partial charge in [-0.1, -0.05) is 28.7 Å². The topological polar surface area (TPSA) is 130 Å². The first kappa shape index (κ1) is 39.7. The van der Waals surface area contributed by atoms with E-state index in [1.54, 1.807) is 6.92 Å². The van der Waals surface area contributed by atoms with Crippen LogP contribution in [-0.4, -0.2) is 87.1 Å². The largest absolute Gasteiger partial charge is 0.469 e. The second kappa shape index (κ2) is 15.8. The van der Waals surface area contributed by atoms with Crippen LogP contribution in [0.15, 0.2) is 0 Å². The SMILES string of the molecule is C.C.CC(C)(CO)CC1(CO)CCC2(CC1)OCCO2.CCOC(=O)C1(CC(C)(C)C(=O)OC)CCC2(CC1)OCCO2. The number of methoxy groups -OCH3 is 1. The van der Waals surface area contributed by atoms with Crippen LogP contribution in [0.3, 0.4) is 0 Å². The van der Waals surface area contributed by atoms with Gasteiger partial charge in [0, 0.05) is 38.9 Å². The average molecular weight is 619 g/mol. The van der Waals surface area contributed by atoms with Gasteiger partial charge in [0.05, 0.1) is 51.0 Å². The fourth-order valence-corrected chi connectivity index (χ4v) is 7.24. The predicted octanol–water partition coefficient (Wildman–Crippen LogP) is 5.41. The molecule has 43 heavy (non-hydrogen) atoms. The Morgan fingerprint density at radius 2 is 1.19 bits per heavy atom. The number of ether oxygens (including phenoxy) is 6. The number of aliphatic hydroxyl groups excluding tert-OH is 2. The Labute approximate surface area is 260 Å². The van der Waals surface area contributed by atoms with Gasteiger partial charge in [0.1, 0.15) is 0 Å². The Morgan fingerprint density at radius 3 is 1.56 bits per heavy atom. The highest BCUT2D eigenvalue weighted by Gasteiger charge is 2.53. The zero-order valence-electron chi connectivity index (χ0n) is 26.2. The number of rotatable bonds is 9. The van der Waals surface area contributed by atoms with Crippen molar-refractivity contribution in [1.82, 2.24) is 0 Å². The van der Waals surface area contributed by atoms with Crippen LogP contribution in [0.4, 0.5) is 0 Å². The van der Waals surface area contributed by atoms with Gasteiger partial charge in [0.25, 0.3) is 0 Å². The maximum Gasteiger partial charge on any atom is 0.312 e. The molecule has 254 valence electrons. The van der Waals surface area contributed by atoms with Crippen LogP contribution in [0.25, 0.3) is 0 Å². The minimum Gasteiger partial charge on any atom is -0.469 e. The average Bonchev–Trinajstić information content (AvgIpc) is 3.62. The molecule has 10 heteroatoms. The van der Waals surface area contributed by atoms with Crippen LogP contribution < -0.4 is 0 Å². The number of aliphatic hydroxyl groups is 2. The lowest BCUT2D eigenvalue weighted by molar-refractivity contribution is -0.203. The minimum atomic E-state index is -0.747. The van der Waals surface area contributed by atoms with Gasteiger partial charge < -0.3 is 38.6 Å². The van der Waals surface area contributed by atoms with E-state index >= 15 is 0 Å². The molecule has 2 heterocycles. The Kier molecular flexibility index (Phi) is 14.6. The molecule has 0 aromatic heterocycles. The summed E-state index contributed by atoms with van der Waals surface area (Å²) in [6.45, 7) is 12.8. The molecule has 0 atom stereocenters. The molecule has 0 aromatic carbocycles. The molecule has 2 N–H and O–H groups in total. The lowest BCUT2D eigenvalue weighted by atomic mass is 9.64. The number of carbonyl (C=O) groups excluding carboxylic acids is 2. The molecule has 10 nitrogen and oxygen atoms in total. The summed E-state index contributed by atoms with van der Waals surface area (Å²) in [7, 11) is 1.37. The normalized spacial score (nSPS) is 25.6. The minimum absolute atomic E-state index is 0. The molecule has 2 aliphatic heterocycles. The van der Waals surface area contributed by atoms with E-state index in [4.69, 9.17) is 28.4 Å². The molecular formula is C33H62O10. The maximum atomic E-state index is 12.7. The highest BCUT2D eigenvalue weighted by molar-refractivity contribution is 5.80. The molecule has 4 fully saturated rings. The summed E-state index contributed by atoms with van der Waals surface area (Å²) in [5.74, 6) is -1.47. The molecule has 2 saturated heterocycles. The van der Waals surface area contributed by atoms with Gasteiger partial charge in [-0.05, 0) is 70.1 Å². The van der Waals surface area contributed by atoms with Crippen LogP contribution in [0, 0.1) is 21.7 Å². The lowest BCUT2D eigenvalue weighted by Gasteiger charge is -2.45. The van der Waals surface area contributed by atoms with E-state index in [-0.39, 0.29) is 56.6 Å². The zero-order valence-corrected chi connectivity index (χ0v) is 26.2. The molecule has 0 aromatic rings. The van der Waals surface area contributed by atoms with E-state index in [9.17, 15) is 19.8 Å². The first-order chi connectivity index (χ1) is 19.2. The van der Waals surface area contributed by atoms with E-state index in [0.29, 0.717) is 65.1 Å². The maximum absolute atomic E-state index is 12.7. The Bertz CT molecular complexity index is 851. The third kappa shape index (κ3) is 9.60. The molecule has 0 amide bonds. The van der Waals surface area contributed by atoms with E-state index in [2.05, 4.69) is 13.8 Å². The Hall–Kier alpha value is -1.30. The van der Waals surface area contributed by atoms with Crippen LogP contribution in [0.5, 0.6) is 0 Å². The molecule has 4 rings (SSSR count). The molecule has 2 saturated carbocycles. The monoisotopic (exact) mass is 618 g/mol. The first-order valence-electron chi connectivity index (χ1n) is 15.3. The summed E-state index contributed by atoms with van der Waals surface area (Å²) in [6.07, 6.45) is 7.25. The van der Waals surface area contributed by atoms with Crippen molar-refractivity contribution in [3.8, 4) is 0 Å². The molecule has 0 unspecified atom stereocenters.